The number of carboxylic acid groups (broad SMARTS) is 2. The third-order valence-electron chi connectivity index (χ3n) is 6.86. The number of aliphatic carboxylic acids is 2. The number of carboxylic acids is 2. The van der Waals surface area contributed by atoms with E-state index >= 15 is 0 Å². The van der Waals surface area contributed by atoms with E-state index in [1.165, 1.54) is 0 Å². The van der Waals surface area contributed by atoms with Gasteiger partial charge < -0.3 is 26.2 Å². The molecule has 5 N–H and O–H groups in total. The van der Waals surface area contributed by atoms with Crippen molar-refractivity contribution < 1.29 is 42.6 Å². The summed E-state index contributed by atoms with van der Waals surface area (Å²) >= 11 is 0. The first kappa shape index (κ1) is 36.7. The van der Waals surface area contributed by atoms with Crippen molar-refractivity contribution in [1.29, 1.82) is 0 Å². The highest BCUT2D eigenvalue weighted by Crippen LogP contribution is 2.25. The fraction of sp³-hybridized carbons (Fsp3) is 0.229. The Labute approximate surface area is 275 Å². The number of alkyl halides is 3. The Balaban J connectivity index is 0.000000804. The number of hydrogen-bond donors (Lipinski definition) is 5. The smallest absolute Gasteiger partial charge is 0.481 e. The van der Waals surface area contributed by atoms with Crippen LogP contribution in [0.1, 0.15) is 48.9 Å². The summed E-state index contributed by atoms with van der Waals surface area (Å²) in [7, 11) is 0. The Hall–Kier alpha value is -5.72. The zero-order valence-electron chi connectivity index (χ0n) is 25.7. The van der Waals surface area contributed by atoms with Gasteiger partial charge in [-0.2, -0.15) is 13.2 Å². The van der Waals surface area contributed by atoms with Crippen molar-refractivity contribution in [1.82, 2.24) is 15.6 Å². The molecule has 3 aromatic carbocycles. The number of nitrogens with one attached hydrogen (secondary N) is 3. The Morgan fingerprint density at radius 1 is 0.708 bits per heavy atom. The van der Waals surface area contributed by atoms with E-state index in [0.717, 1.165) is 23.4 Å². The van der Waals surface area contributed by atoms with Crippen molar-refractivity contribution in [2.24, 2.45) is 0 Å². The molecular weight excluding hydrogens is 629 g/mol. The van der Waals surface area contributed by atoms with Gasteiger partial charge in [-0.05, 0) is 47.2 Å². The summed E-state index contributed by atoms with van der Waals surface area (Å²) in [5.41, 5.74) is 3.30. The van der Waals surface area contributed by atoms with Crippen LogP contribution in [0.3, 0.4) is 0 Å². The molecule has 0 aliphatic heterocycles. The minimum Gasteiger partial charge on any atom is -0.481 e. The number of anilines is 1. The molecule has 0 bridgehead atoms. The maximum Gasteiger partial charge on any atom is 0.490 e. The van der Waals surface area contributed by atoms with Gasteiger partial charge >= 0.3 is 18.1 Å². The van der Waals surface area contributed by atoms with Crippen LogP contribution >= 0.6 is 0 Å². The van der Waals surface area contributed by atoms with Gasteiger partial charge in [0.05, 0.1) is 12.5 Å². The average Bonchev–Trinajstić information content (AvgIpc) is 3.07. The maximum absolute atomic E-state index is 13.5. The zero-order valence-corrected chi connectivity index (χ0v) is 25.7. The second-order valence-corrected chi connectivity index (χ2v) is 10.5. The van der Waals surface area contributed by atoms with Gasteiger partial charge in [0.15, 0.2) is 0 Å². The highest BCUT2D eigenvalue weighted by molar-refractivity contribution is 5.89. The molecule has 13 heteroatoms. The molecule has 0 saturated heterocycles. The summed E-state index contributed by atoms with van der Waals surface area (Å²) in [5, 5.41) is 25.6. The lowest BCUT2D eigenvalue weighted by atomic mass is 9.98. The van der Waals surface area contributed by atoms with Crippen LogP contribution in [0.4, 0.5) is 19.0 Å². The average molecular weight is 665 g/mol. The second-order valence-electron chi connectivity index (χ2n) is 10.5. The summed E-state index contributed by atoms with van der Waals surface area (Å²) in [6.45, 7) is 0.673. The molecule has 0 saturated carbocycles. The van der Waals surface area contributed by atoms with Gasteiger partial charge in [-0.3, -0.25) is 14.4 Å². The number of hydrogen-bond acceptors (Lipinski definition) is 6. The predicted octanol–water partition coefficient (Wildman–Crippen LogP) is 6.15. The van der Waals surface area contributed by atoms with Gasteiger partial charge in [0.2, 0.25) is 11.8 Å². The van der Waals surface area contributed by atoms with Crippen molar-refractivity contribution in [3.05, 3.63) is 120 Å². The van der Waals surface area contributed by atoms with Crippen LogP contribution in [0.2, 0.25) is 0 Å². The molecule has 1 unspecified atom stereocenters. The SMILES string of the molecule is O=C(O)C(F)(F)F.O=C(O)CC(NC(=O)[C@@H](NC(=O)CCCCNc1ccccn1)c1ccccc1)c1ccc(-c2ccccc2)cc1. The minimum absolute atomic E-state index is 0.250. The fourth-order valence-electron chi connectivity index (χ4n) is 4.49. The summed E-state index contributed by atoms with van der Waals surface area (Å²) in [6, 6.07) is 30.1. The Morgan fingerprint density at radius 3 is 1.85 bits per heavy atom. The lowest BCUT2D eigenvalue weighted by Gasteiger charge is -2.23. The van der Waals surface area contributed by atoms with Crippen LogP contribution in [0, 0.1) is 0 Å². The number of carbonyl (C=O) groups excluding carboxylic acids is 2. The first-order chi connectivity index (χ1) is 22.9. The molecule has 0 aliphatic carbocycles. The van der Waals surface area contributed by atoms with E-state index in [2.05, 4.69) is 20.9 Å². The molecule has 0 radical (unpaired) electrons. The number of pyridine rings is 1. The fourth-order valence-corrected chi connectivity index (χ4v) is 4.49. The molecule has 10 nitrogen and oxygen atoms in total. The lowest BCUT2D eigenvalue weighted by Crippen LogP contribution is -2.42. The highest BCUT2D eigenvalue weighted by Gasteiger charge is 2.38. The van der Waals surface area contributed by atoms with Crippen molar-refractivity contribution in [3.63, 3.8) is 0 Å². The number of unbranched alkanes of at least 4 members (excludes halogenated alkanes) is 1. The molecular formula is C35H35F3N4O6. The van der Waals surface area contributed by atoms with Gasteiger partial charge in [0.25, 0.3) is 0 Å². The van der Waals surface area contributed by atoms with Crippen LogP contribution in [0.25, 0.3) is 11.1 Å². The van der Waals surface area contributed by atoms with Gasteiger partial charge in [-0.1, -0.05) is 91.0 Å². The van der Waals surface area contributed by atoms with E-state index < -0.39 is 36.1 Å². The minimum atomic E-state index is -5.08. The van der Waals surface area contributed by atoms with Crippen molar-refractivity contribution >= 4 is 29.6 Å². The van der Waals surface area contributed by atoms with Gasteiger partial charge in [0.1, 0.15) is 11.9 Å². The maximum atomic E-state index is 13.5. The van der Waals surface area contributed by atoms with E-state index in [1.54, 1.807) is 30.5 Å². The van der Waals surface area contributed by atoms with E-state index in [-0.39, 0.29) is 18.7 Å². The first-order valence-corrected chi connectivity index (χ1v) is 14.9. The number of nitrogens with zero attached hydrogens (tertiary/aromatic N) is 1. The zero-order chi connectivity index (χ0) is 34.9. The van der Waals surface area contributed by atoms with Crippen LogP contribution < -0.4 is 16.0 Å². The highest BCUT2D eigenvalue weighted by atomic mass is 19.4. The molecule has 2 amide bonds. The van der Waals surface area contributed by atoms with E-state index in [9.17, 15) is 32.7 Å². The molecule has 0 spiro atoms. The second kappa shape index (κ2) is 18.4. The van der Waals surface area contributed by atoms with Crippen molar-refractivity contribution in [3.8, 4) is 11.1 Å². The number of amides is 2. The molecule has 252 valence electrons. The predicted molar refractivity (Wildman–Crippen MR) is 173 cm³/mol. The van der Waals surface area contributed by atoms with E-state index in [0.29, 0.717) is 24.1 Å². The quantitative estimate of drug-likeness (QED) is 0.100. The molecule has 4 rings (SSSR count). The molecule has 2 atom stereocenters. The van der Waals surface area contributed by atoms with E-state index in [1.807, 2.05) is 78.9 Å². The lowest BCUT2D eigenvalue weighted by molar-refractivity contribution is -0.192. The van der Waals surface area contributed by atoms with Gasteiger partial charge in [-0.15, -0.1) is 0 Å². The van der Waals surface area contributed by atoms with Crippen molar-refractivity contribution in [2.75, 3.05) is 11.9 Å². The van der Waals surface area contributed by atoms with Gasteiger partial charge in [0, 0.05) is 19.2 Å². The van der Waals surface area contributed by atoms with Crippen LogP contribution in [-0.4, -0.2) is 51.7 Å². The summed E-state index contributed by atoms with van der Waals surface area (Å²) in [5.74, 6) is -3.74. The number of carbonyl (C=O) groups is 4. The summed E-state index contributed by atoms with van der Waals surface area (Å²) in [4.78, 5) is 51.2. The molecule has 48 heavy (non-hydrogen) atoms. The molecule has 4 aromatic rings. The molecule has 0 aliphatic rings. The van der Waals surface area contributed by atoms with Crippen molar-refractivity contribution in [2.45, 2.75) is 43.9 Å². The third-order valence-corrected chi connectivity index (χ3v) is 6.86. The van der Waals surface area contributed by atoms with Gasteiger partial charge in [-0.25, -0.2) is 9.78 Å². The summed E-state index contributed by atoms with van der Waals surface area (Å²) < 4.78 is 31.7. The topological polar surface area (TPSA) is 158 Å². The number of halogens is 3. The third kappa shape index (κ3) is 12.6. The Bertz CT molecular complexity index is 1610. The number of aromatic nitrogens is 1. The van der Waals surface area contributed by atoms with Crippen LogP contribution in [0.15, 0.2) is 109 Å². The molecule has 1 heterocycles. The van der Waals surface area contributed by atoms with E-state index in [4.69, 9.17) is 9.90 Å². The Kier molecular flexibility index (Phi) is 14.1. The molecule has 0 fully saturated rings. The number of rotatable bonds is 14. The van der Waals surface area contributed by atoms with Crippen LogP contribution in [-0.2, 0) is 19.2 Å². The summed E-state index contributed by atoms with van der Waals surface area (Å²) in [6.07, 6.45) is -2.03. The Morgan fingerprint density at radius 2 is 1.29 bits per heavy atom. The first-order valence-electron chi connectivity index (χ1n) is 14.9. The number of benzene rings is 3. The monoisotopic (exact) mass is 664 g/mol. The molecule has 1 aromatic heterocycles. The van der Waals surface area contributed by atoms with Crippen LogP contribution in [0.5, 0.6) is 0 Å². The normalized spacial score (nSPS) is 12.0. The standard InChI is InChI=1S/C33H34N4O4.C2HF3O2/c38-30(16-8-10-22-35-29-15-7-9-21-34-29)37-32(27-13-5-2-6-14-27)33(41)36-28(23-31(39)40)26-19-17-25(18-20-26)24-11-3-1-4-12-24;3-2(4,5)1(6)7/h1-7,9,11-15,17-21,28,32H,8,10,16,22-23H2,(H,34,35)(H,36,41)(H,37,38)(H,39,40);(H,6,7)/t28?,32-;/m0./s1. The largest absolute Gasteiger partial charge is 0.490 e.